The lowest BCUT2D eigenvalue weighted by atomic mass is 9.83. The Hall–Kier alpha value is -3.74. The highest BCUT2D eigenvalue weighted by atomic mass is 16.5. The van der Waals surface area contributed by atoms with Gasteiger partial charge in [0.15, 0.2) is 0 Å². The van der Waals surface area contributed by atoms with Crippen LogP contribution in [0.3, 0.4) is 0 Å². The van der Waals surface area contributed by atoms with Gasteiger partial charge in [0, 0.05) is 5.39 Å². The molecular weight excluding hydrogens is 396 g/mol. The molecule has 3 N–H and O–H groups in total. The molecule has 4 rings (SSSR count). The minimum atomic E-state index is -0.739. The summed E-state index contributed by atoms with van der Waals surface area (Å²) in [6.07, 6.45) is 0.893. The van der Waals surface area contributed by atoms with E-state index in [2.05, 4.69) is 4.98 Å². The van der Waals surface area contributed by atoms with E-state index in [-0.39, 0.29) is 23.6 Å². The number of benzene rings is 2. The number of hydrogen-bond acceptors (Lipinski definition) is 6. The SMILES string of the molecule is CCCOc1ccc([C@@H]2C(C(=O)OCC)=C(N)Oc3c2c(=O)[nH]c2ccccc32)cc1. The summed E-state index contributed by atoms with van der Waals surface area (Å²) in [5, 5.41) is 0.704. The Balaban J connectivity index is 1.92. The monoisotopic (exact) mass is 420 g/mol. The highest BCUT2D eigenvalue weighted by Gasteiger charge is 2.38. The van der Waals surface area contributed by atoms with E-state index in [1.165, 1.54) is 0 Å². The van der Waals surface area contributed by atoms with Crippen molar-refractivity contribution in [3.63, 3.8) is 0 Å². The number of carbonyl (C=O) groups excluding carboxylic acids is 1. The molecule has 0 bridgehead atoms. The second-order valence-electron chi connectivity index (χ2n) is 7.19. The summed E-state index contributed by atoms with van der Waals surface area (Å²) >= 11 is 0. The van der Waals surface area contributed by atoms with Gasteiger partial charge >= 0.3 is 5.97 Å². The number of aromatic nitrogens is 1. The fourth-order valence-electron chi connectivity index (χ4n) is 3.79. The van der Waals surface area contributed by atoms with Gasteiger partial charge in [-0.15, -0.1) is 0 Å². The summed E-state index contributed by atoms with van der Waals surface area (Å²) in [6.45, 7) is 4.52. The van der Waals surface area contributed by atoms with Crippen molar-refractivity contribution >= 4 is 16.9 Å². The topological polar surface area (TPSA) is 104 Å². The van der Waals surface area contributed by atoms with Gasteiger partial charge < -0.3 is 24.9 Å². The van der Waals surface area contributed by atoms with Gasteiger partial charge in [-0.05, 0) is 43.2 Å². The van der Waals surface area contributed by atoms with Crippen LogP contribution in [0.15, 0.2) is 64.8 Å². The number of pyridine rings is 1. The Morgan fingerprint density at radius 1 is 1.13 bits per heavy atom. The van der Waals surface area contributed by atoms with Gasteiger partial charge in [-0.1, -0.05) is 31.2 Å². The number of nitrogens with two attached hydrogens (primary N) is 1. The van der Waals surface area contributed by atoms with Crippen molar-refractivity contribution < 1.29 is 19.0 Å². The molecule has 1 aliphatic rings. The number of rotatable bonds is 6. The summed E-state index contributed by atoms with van der Waals surface area (Å²) in [5.41, 5.74) is 7.62. The molecule has 7 nitrogen and oxygen atoms in total. The number of ether oxygens (including phenoxy) is 3. The summed E-state index contributed by atoms with van der Waals surface area (Å²) < 4.78 is 16.7. The molecule has 0 spiro atoms. The average Bonchev–Trinajstić information content (AvgIpc) is 2.77. The largest absolute Gasteiger partial charge is 0.494 e. The van der Waals surface area contributed by atoms with Gasteiger partial charge in [0.05, 0.1) is 30.2 Å². The Morgan fingerprint density at radius 3 is 2.58 bits per heavy atom. The molecule has 0 fully saturated rings. The number of para-hydroxylation sites is 1. The summed E-state index contributed by atoms with van der Waals surface area (Å²) in [4.78, 5) is 28.8. The second-order valence-corrected chi connectivity index (χ2v) is 7.19. The van der Waals surface area contributed by atoms with Crippen molar-refractivity contribution in [2.45, 2.75) is 26.2 Å². The lowest BCUT2D eigenvalue weighted by Gasteiger charge is -2.28. The van der Waals surface area contributed by atoms with Gasteiger partial charge in [-0.2, -0.15) is 0 Å². The molecule has 0 saturated heterocycles. The number of H-pyrrole nitrogens is 1. The third-order valence-electron chi connectivity index (χ3n) is 5.15. The maximum atomic E-state index is 13.1. The van der Waals surface area contributed by atoms with Crippen LogP contribution in [0.1, 0.15) is 37.3 Å². The average molecular weight is 420 g/mol. The Morgan fingerprint density at radius 2 is 1.87 bits per heavy atom. The zero-order valence-corrected chi connectivity index (χ0v) is 17.4. The van der Waals surface area contributed by atoms with Crippen LogP contribution in [0.5, 0.6) is 11.5 Å². The molecule has 160 valence electrons. The molecule has 1 aromatic heterocycles. The molecule has 1 aliphatic heterocycles. The molecular formula is C24H24N2O5. The van der Waals surface area contributed by atoms with E-state index in [1.807, 2.05) is 49.4 Å². The third-order valence-corrected chi connectivity index (χ3v) is 5.15. The lowest BCUT2D eigenvalue weighted by molar-refractivity contribution is -0.139. The van der Waals surface area contributed by atoms with Crippen LogP contribution in [0, 0.1) is 0 Å². The van der Waals surface area contributed by atoms with Crippen LogP contribution in [-0.2, 0) is 9.53 Å². The molecule has 0 aliphatic carbocycles. The van der Waals surface area contributed by atoms with Crippen LogP contribution in [0.4, 0.5) is 0 Å². The first-order chi connectivity index (χ1) is 15.0. The normalized spacial score (nSPS) is 15.4. The smallest absolute Gasteiger partial charge is 0.340 e. The molecule has 7 heteroatoms. The second kappa shape index (κ2) is 8.55. The number of nitrogens with one attached hydrogen (secondary N) is 1. The van der Waals surface area contributed by atoms with E-state index in [9.17, 15) is 9.59 Å². The van der Waals surface area contributed by atoms with E-state index in [0.717, 1.165) is 6.42 Å². The van der Waals surface area contributed by atoms with Crippen LogP contribution < -0.4 is 20.8 Å². The zero-order valence-electron chi connectivity index (χ0n) is 17.4. The highest BCUT2D eigenvalue weighted by Crippen LogP contribution is 2.43. The Labute approximate surface area is 179 Å². The van der Waals surface area contributed by atoms with Crippen LogP contribution >= 0.6 is 0 Å². The number of fused-ring (bicyclic) bond motifs is 3. The van der Waals surface area contributed by atoms with E-state index in [4.69, 9.17) is 19.9 Å². The first-order valence-electron chi connectivity index (χ1n) is 10.3. The van der Waals surface area contributed by atoms with E-state index < -0.39 is 11.9 Å². The molecule has 0 radical (unpaired) electrons. The quantitative estimate of drug-likeness (QED) is 0.591. The van der Waals surface area contributed by atoms with Crippen LogP contribution in [0.2, 0.25) is 0 Å². The first-order valence-corrected chi connectivity index (χ1v) is 10.3. The van der Waals surface area contributed by atoms with Crippen molar-refractivity contribution in [1.29, 1.82) is 0 Å². The Bertz CT molecular complexity index is 1210. The maximum Gasteiger partial charge on any atom is 0.340 e. The van der Waals surface area contributed by atoms with Crippen molar-refractivity contribution in [2.24, 2.45) is 5.73 Å². The van der Waals surface area contributed by atoms with E-state index in [0.29, 0.717) is 40.1 Å². The summed E-state index contributed by atoms with van der Waals surface area (Å²) in [7, 11) is 0. The highest BCUT2D eigenvalue weighted by molar-refractivity contribution is 5.95. The molecule has 0 amide bonds. The minimum absolute atomic E-state index is 0.0713. The summed E-state index contributed by atoms with van der Waals surface area (Å²) in [5.74, 6) is -0.370. The standard InChI is InChI=1S/C24H24N2O5/c1-3-13-30-15-11-9-14(10-12-15)18-19-21(31-22(25)20(18)24(28)29-4-2)16-7-5-6-8-17(16)26-23(19)27/h5-12,18H,3-4,13,25H2,1-2H3,(H,26,27)/t18-/m0/s1. The number of carbonyl (C=O) groups is 1. The Kier molecular flexibility index (Phi) is 5.66. The molecule has 2 heterocycles. The van der Waals surface area contributed by atoms with Crippen molar-refractivity contribution in [3.05, 3.63) is 81.5 Å². The van der Waals surface area contributed by atoms with Gasteiger partial charge in [-0.3, -0.25) is 4.79 Å². The fraction of sp³-hybridized carbons (Fsp3) is 0.250. The molecule has 3 aromatic rings. The third kappa shape index (κ3) is 3.74. The molecule has 1 atom stereocenters. The van der Waals surface area contributed by atoms with Crippen molar-refractivity contribution in [3.8, 4) is 11.5 Å². The predicted molar refractivity (Wildman–Crippen MR) is 117 cm³/mol. The first kappa shape index (κ1) is 20.5. The van der Waals surface area contributed by atoms with E-state index in [1.54, 1.807) is 13.0 Å². The van der Waals surface area contributed by atoms with E-state index >= 15 is 0 Å². The number of hydrogen-bond donors (Lipinski definition) is 2. The van der Waals surface area contributed by atoms with Gasteiger partial charge in [-0.25, -0.2) is 4.79 Å². The summed E-state index contributed by atoms with van der Waals surface area (Å²) in [6, 6.07) is 14.6. The number of aromatic amines is 1. The maximum absolute atomic E-state index is 13.1. The van der Waals surface area contributed by atoms with Gasteiger partial charge in [0.1, 0.15) is 17.1 Å². The molecule has 0 unspecified atom stereocenters. The van der Waals surface area contributed by atoms with Gasteiger partial charge in [0.2, 0.25) is 5.88 Å². The van der Waals surface area contributed by atoms with Crippen LogP contribution in [0.25, 0.3) is 10.9 Å². The molecule has 31 heavy (non-hydrogen) atoms. The minimum Gasteiger partial charge on any atom is -0.494 e. The fourth-order valence-corrected chi connectivity index (χ4v) is 3.79. The molecule has 2 aromatic carbocycles. The number of esters is 1. The molecule has 0 saturated carbocycles. The van der Waals surface area contributed by atoms with Gasteiger partial charge in [0.25, 0.3) is 5.56 Å². The van der Waals surface area contributed by atoms with Crippen LogP contribution in [-0.4, -0.2) is 24.2 Å². The lowest BCUT2D eigenvalue weighted by Crippen LogP contribution is -2.32. The predicted octanol–water partition coefficient (Wildman–Crippen LogP) is 3.57. The van der Waals surface area contributed by atoms with Crippen molar-refractivity contribution in [1.82, 2.24) is 4.98 Å². The van der Waals surface area contributed by atoms with Crippen molar-refractivity contribution in [2.75, 3.05) is 13.2 Å². The zero-order chi connectivity index (χ0) is 22.0.